The van der Waals surface area contributed by atoms with E-state index in [1.54, 1.807) is 0 Å². The van der Waals surface area contributed by atoms with Gasteiger partial charge in [0.25, 0.3) is 6.43 Å². The van der Waals surface area contributed by atoms with E-state index >= 15 is 0 Å². The van der Waals surface area contributed by atoms with E-state index in [0.717, 1.165) is 6.07 Å². The van der Waals surface area contributed by atoms with Crippen LogP contribution >= 0.6 is 27.5 Å². The monoisotopic (exact) mass is 257 g/mol. The van der Waals surface area contributed by atoms with Gasteiger partial charge in [0.1, 0.15) is 4.60 Å². The molecule has 0 aromatic carbocycles. The van der Waals surface area contributed by atoms with Gasteiger partial charge in [0.15, 0.2) is 10.9 Å². The second-order valence-corrected chi connectivity index (χ2v) is 3.09. The number of pyridine rings is 1. The standard InChI is InChI=1S/C6H3BrClF2NO/c7-4-2(6(9)10)1-3(12)5(8)11-4/h1,6,12H. The molecule has 1 rings (SSSR count). The first-order valence-electron chi connectivity index (χ1n) is 2.85. The van der Waals surface area contributed by atoms with Crippen molar-refractivity contribution in [2.24, 2.45) is 0 Å². The van der Waals surface area contributed by atoms with Crippen LogP contribution in [0, 0.1) is 0 Å². The maximum atomic E-state index is 12.1. The second-order valence-electron chi connectivity index (χ2n) is 1.98. The lowest BCUT2D eigenvalue weighted by molar-refractivity contribution is 0.149. The maximum absolute atomic E-state index is 12.1. The lowest BCUT2D eigenvalue weighted by Crippen LogP contribution is -1.90. The average Bonchev–Trinajstić information content (AvgIpc) is 1.96. The third kappa shape index (κ3) is 1.84. The Hall–Kier alpha value is -0.420. The molecule has 0 radical (unpaired) electrons. The third-order valence-electron chi connectivity index (χ3n) is 1.17. The van der Waals surface area contributed by atoms with Gasteiger partial charge in [-0.25, -0.2) is 13.8 Å². The van der Waals surface area contributed by atoms with Gasteiger partial charge >= 0.3 is 0 Å². The molecular weight excluding hydrogens is 255 g/mol. The normalized spacial score (nSPS) is 10.8. The van der Waals surface area contributed by atoms with Gasteiger partial charge in [-0.2, -0.15) is 0 Å². The number of rotatable bonds is 1. The van der Waals surface area contributed by atoms with E-state index in [0.29, 0.717) is 0 Å². The molecular formula is C6H3BrClF2NO. The Morgan fingerprint density at radius 1 is 1.58 bits per heavy atom. The van der Waals surface area contributed by atoms with E-state index in [4.69, 9.17) is 16.7 Å². The minimum absolute atomic E-state index is 0.0553. The summed E-state index contributed by atoms with van der Waals surface area (Å²) in [5.74, 6) is -0.449. The van der Waals surface area contributed by atoms with Gasteiger partial charge in [0, 0.05) is 0 Å². The molecule has 0 saturated heterocycles. The molecule has 6 heteroatoms. The number of hydrogen-bond acceptors (Lipinski definition) is 2. The summed E-state index contributed by atoms with van der Waals surface area (Å²) in [5.41, 5.74) is -0.378. The van der Waals surface area contributed by atoms with Crippen LogP contribution in [0.25, 0.3) is 0 Å². The highest BCUT2D eigenvalue weighted by Crippen LogP contribution is 2.32. The van der Waals surface area contributed by atoms with E-state index in [-0.39, 0.29) is 15.3 Å². The molecule has 0 amide bonds. The largest absolute Gasteiger partial charge is 0.505 e. The minimum Gasteiger partial charge on any atom is -0.505 e. The number of aromatic hydroxyl groups is 1. The molecule has 1 aromatic rings. The predicted molar refractivity (Wildman–Crippen MR) is 43.6 cm³/mol. The number of nitrogens with zero attached hydrogens (tertiary/aromatic N) is 1. The van der Waals surface area contributed by atoms with Gasteiger partial charge in [-0.15, -0.1) is 0 Å². The van der Waals surface area contributed by atoms with E-state index in [1.165, 1.54) is 0 Å². The molecule has 66 valence electrons. The molecule has 0 unspecified atom stereocenters. The molecule has 0 fully saturated rings. The van der Waals surface area contributed by atoms with E-state index in [1.807, 2.05) is 0 Å². The first-order valence-corrected chi connectivity index (χ1v) is 4.02. The van der Waals surface area contributed by atoms with Crippen LogP contribution in [-0.4, -0.2) is 10.1 Å². The smallest absolute Gasteiger partial charge is 0.266 e. The summed E-state index contributed by atoms with van der Waals surface area (Å²) in [5, 5.41) is 8.72. The van der Waals surface area contributed by atoms with E-state index in [9.17, 15) is 8.78 Å². The van der Waals surface area contributed by atoms with Gasteiger partial charge < -0.3 is 5.11 Å². The van der Waals surface area contributed by atoms with Crippen LogP contribution in [0.15, 0.2) is 10.7 Å². The van der Waals surface area contributed by atoms with Crippen LogP contribution in [0.2, 0.25) is 5.15 Å². The molecule has 12 heavy (non-hydrogen) atoms. The molecule has 0 aliphatic carbocycles. The van der Waals surface area contributed by atoms with E-state index in [2.05, 4.69) is 20.9 Å². The zero-order valence-corrected chi connectivity index (χ0v) is 7.90. The molecule has 0 bridgehead atoms. The molecule has 0 aliphatic rings. The Bertz CT molecular complexity index is 308. The van der Waals surface area contributed by atoms with Crippen molar-refractivity contribution in [3.05, 3.63) is 21.4 Å². The number of halogens is 4. The van der Waals surface area contributed by atoms with Gasteiger partial charge in [-0.3, -0.25) is 0 Å². The lowest BCUT2D eigenvalue weighted by Gasteiger charge is -2.03. The minimum atomic E-state index is -2.69. The Kier molecular flexibility index (Phi) is 2.85. The Morgan fingerprint density at radius 2 is 2.17 bits per heavy atom. The SMILES string of the molecule is Oc1cc(C(F)F)c(Br)nc1Cl. The molecule has 0 spiro atoms. The number of hydrogen-bond donors (Lipinski definition) is 1. The van der Waals surface area contributed by atoms with Crippen LogP contribution in [0.4, 0.5) is 8.78 Å². The summed E-state index contributed by atoms with van der Waals surface area (Å²) in [6, 6.07) is 0.879. The zero-order valence-electron chi connectivity index (χ0n) is 5.56. The van der Waals surface area contributed by atoms with Crippen LogP contribution < -0.4 is 0 Å². The van der Waals surface area contributed by atoms with Crippen LogP contribution in [-0.2, 0) is 0 Å². The molecule has 0 aliphatic heterocycles. The Morgan fingerprint density at radius 3 is 2.67 bits per heavy atom. The molecule has 1 aromatic heterocycles. The van der Waals surface area contributed by atoms with Crippen molar-refractivity contribution in [1.29, 1.82) is 0 Å². The zero-order chi connectivity index (χ0) is 9.30. The van der Waals surface area contributed by atoms with Crippen LogP contribution in [0.3, 0.4) is 0 Å². The van der Waals surface area contributed by atoms with Gasteiger partial charge in [-0.1, -0.05) is 11.6 Å². The number of alkyl halides is 2. The van der Waals surface area contributed by atoms with Crippen LogP contribution in [0.1, 0.15) is 12.0 Å². The molecule has 1 N–H and O–H groups in total. The predicted octanol–water partition coefficient (Wildman–Crippen LogP) is 3.14. The Balaban J connectivity index is 3.23. The van der Waals surface area contributed by atoms with Gasteiger partial charge in [0.2, 0.25) is 0 Å². The van der Waals surface area contributed by atoms with E-state index < -0.39 is 12.2 Å². The molecule has 1 heterocycles. The van der Waals surface area contributed by atoms with Crippen molar-refractivity contribution < 1.29 is 13.9 Å². The van der Waals surface area contributed by atoms with Gasteiger partial charge in [0.05, 0.1) is 5.56 Å². The number of aromatic nitrogens is 1. The first-order chi connectivity index (χ1) is 5.52. The summed E-state index contributed by atoms with van der Waals surface area (Å²) in [4.78, 5) is 3.45. The fraction of sp³-hybridized carbons (Fsp3) is 0.167. The first kappa shape index (κ1) is 9.67. The highest BCUT2D eigenvalue weighted by molar-refractivity contribution is 9.10. The maximum Gasteiger partial charge on any atom is 0.266 e. The molecule has 0 saturated carbocycles. The quantitative estimate of drug-likeness (QED) is 0.785. The van der Waals surface area contributed by atoms with Gasteiger partial charge in [-0.05, 0) is 22.0 Å². The highest BCUT2D eigenvalue weighted by atomic mass is 79.9. The summed E-state index contributed by atoms with van der Waals surface area (Å²) in [7, 11) is 0. The molecule has 0 atom stereocenters. The van der Waals surface area contributed by atoms with Crippen LogP contribution in [0.5, 0.6) is 5.75 Å². The summed E-state index contributed by atoms with van der Waals surface area (Å²) in [6.07, 6.45) is -2.69. The fourth-order valence-electron chi connectivity index (χ4n) is 0.627. The van der Waals surface area contributed by atoms with Crippen molar-refractivity contribution in [3.63, 3.8) is 0 Å². The fourth-order valence-corrected chi connectivity index (χ4v) is 1.33. The van der Waals surface area contributed by atoms with Crippen molar-refractivity contribution in [2.45, 2.75) is 6.43 Å². The third-order valence-corrected chi connectivity index (χ3v) is 2.09. The summed E-state index contributed by atoms with van der Waals surface area (Å²) >= 11 is 8.15. The highest BCUT2D eigenvalue weighted by Gasteiger charge is 2.15. The molecule has 2 nitrogen and oxygen atoms in total. The summed E-state index contributed by atoms with van der Waals surface area (Å²) < 4.78 is 24.2. The Labute approximate surface area is 80.3 Å². The van der Waals surface area contributed by atoms with Crippen molar-refractivity contribution >= 4 is 27.5 Å². The van der Waals surface area contributed by atoms with Crippen molar-refractivity contribution in [3.8, 4) is 5.75 Å². The lowest BCUT2D eigenvalue weighted by atomic mass is 10.3. The average molecular weight is 258 g/mol. The van der Waals surface area contributed by atoms with Crippen molar-refractivity contribution in [1.82, 2.24) is 4.98 Å². The second kappa shape index (κ2) is 3.53. The van der Waals surface area contributed by atoms with Crippen molar-refractivity contribution in [2.75, 3.05) is 0 Å². The summed E-state index contributed by atoms with van der Waals surface area (Å²) in [6.45, 7) is 0. The topological polar surface area (TPSA) is 33.1 Å².